The van der Waals surface area contributed by atoms with Gasteiger partial charge in [0, 0.05) is 31.1 Å². The number of benzene rings is 2. The van der Waals surface area contributed by atoms with Gasteiger partial charge in [0.2, 0.25) is 5.91 Å². The van der Waals surface area contributed by atoms with Crippen molar-refractivity contribution in [1.82, 2.24) is 4.90 Å². The van der Waals surface area contributed by atoms with Crippen LogP contribution in [0.25, 0.3) is 0 Å². The first kappa shape index (κ1) is 30.1. The number of alkyl halides is 6. The molecular weight excluding hydrogens is 571 g/mol. The van der Waals surface area contributed by atoms with Crippen LogP contribution in [0, 0.1) is 5.82 Å². The minimum absolute atomic E-state index is 0.0813. The van der Waals surface area contributed by atoms with Crippen molar-refractivity contribution in [3.8, 4) is 0 Å². The maximum Gasteiger partial charge on any atom is 0.430 e. The average Bonchev–Trinajstić information content (AvgIpc) is 2.87. The molecule has 4 rings (SSSR count). The van der Waals surface area contributed by atoms with Crippen molar-refractivity contribution >= 4 is 21.6 Å². The summed E-state index contributed by atoms with van der Waals surface area (Å²) < 4.78 is 123. The molecule has 1 saturated heterocycles. The van der Waals surface area contributed by atoms with Gasteiger partial charge in [0.25, 0.3) is 15.6 Å². The highest BCUT2D eigenvalue weighted by molar-refractivity contribution is 7.92. The second-order valence-corrected chi connectivity index (χ2v) is 11.7. The lowest BCUT2D eigenvalue weighted by molar-refractivity contribution is -0.376. The van der Waals surface area contributed by atoms with Crippen LogP contribution in [-0.4, -0.2) is 61.9 Å². The minimum Gasteiger partial charge on any atom is -0.369 e. The van der Waals surface area contributed by atoms with Crippen LogP contribution in [0.2, 0.25) is 0 Å². The second-order valence-electron chi connectivity index (χ2n) is 9.92. The van der Waals surface area contributed by atoms with Gasteiger partial charge in [0.05, 0.1) is 16.6 Å². The van der Waals surface area contributed by atoms with Crippen LogP contribution in [0.5, 0.6) is 0 Å². The summed E-state index contributed by atoms with van der Waals surface area (Å²) in [6, 6.07) is 4.16. The van der Waals surface area contributed by atoms with Crippen LogP contribution in [0.15, 0.2) is 47.4 Å². The normalized spacial score (nSPS) is 19.5. The van der Waals surface area contributed by atoms with Crippen molar-refractivity contribution in [2.75, 3.05) is 17.4 Å². The predicted molar refractivity (Wildman–Crippen MR) is 129 cm³/mol. The molecule has 0 radical (unpaired) electrons. The van der Waals surface area contributed by atoms with Gasteiger partial charge in [0.15, 0.2) is 0 Å². The Morgan fingerprint density at radius 3 is 2.08 bits per heavy atom. The van der Waals surface area contributed by atoms with Gasteiger partial charge in [-0.3, -0.25) is 9.10 Å². The molecule has 0 unspecified atom stereocenters. The molecule has 40 heavy (non-hydrogen) atoms. The number of aliphatic hydroxyl groups is 1. The standard InChI is InChI=1S/C25H26F7N3O4S/c26-17-3-6-20(7-4-17)40(38,39)35-19(14-22(36)34-11-9-18(33)10-12-34)5-1-15-13-16(2-8-21(15)35)23(37,24(27,28)29)25(30,31)32/h2-4,6-8,13,18-19,37H,1,5,9-12,14,33H2/t19-/m0/s1. The third-order valence-electron chi connectivity index (χ3n) is 7.31. The molecule has 0 saturated carbocycles. The fraction of sp³-hybridized carbons (Fsp3) is 0.480. The molecule has 1 amide bonds. The molecule has 3 N–H and O–H groups in total. The molecule has 15 heteroatoms. The summed E-state index contributed by atoms with van der Waals surface area (Å²) in [5.41, 5.74) is -1.30. The zero-order chi connectivity index (χ0) is 29.7. The van der Waals surface area contributed by atoms with Gasteiger partial charge in [-0.15, -0.1) is 0 Å². The summed E-state index contributed by atoms with van der Waals surface area (Å²) in [5.74, 6) is -1.13. The van der Waals surface area contributed by atoms with Gasteiger partial charge in [-0.2, -0.15) is 26.3 Å². The molecule has 0 aliphatic carbocycles. The van der Waals surface area contributed by atoms with Gasteiger partial charge in [-0.25, -0.2) is 12.8 Å². The number of piperidine rings is 1. The number of nitrogens with zero attached hydrogens (tertiary/aromatic N) is 2. The molecule has 220 valence electrons. The monoisotopic (exact) mass is 597 g/mol. The number of aryl methyl sites for hydroxylation is 1. The number of fused-ring (bicyclic) bond motifs is 1. The van der Waals surface area contributed by atoms with Gasteiger partial charge >= 0.3 is 12.4 Å². The van der Waals surface area contributed by atoms with E-state index < -0.39 is 50.3 Å². The first-order valence-electron chi connectivity index (χ1n) is 12.3. The lowest BCUT2D eigenvalue weighted by atomic mass is 9.87. The first-order valence-corrected chi connectivity index (χ1v) is 13.7. The molecule has 2 aromatic rings. The molecule has 2 aliphatic rings. The van der Waals surface area contributed by atoms with Crippen molar-refractivity contribution in [2.24, 2.45) is 5.73 Å². The highest BCUT2D eigenvalue weighted by Crippen LogP contribution is 2.51. The van der Waals surface area contributed by atoms with Crippen molar-refractivity contribution in [1.29, 1.82) is 0 Å². The number of sulfonamides is 1. The summed E-state index contributed by atoms with van der Waals surface area (Å²) in [5, 5.41) is 9.84. The van der Waals surface area contributed by atoms with E-state index in [1.165, 1.54) is 4.90 Å². The number of halogens is 7. The number of anilines is 1. The van der Waals surface area contributed by atoms with Crippen LogP contribution in [-0.2, 0) is 26.8 Å². The quantitative estimate of drug-likeness (QED) is 0.508. The molecule has 1 fully saturated rings. The molecule has 2 aromatic carbocycles. The van der Waals surface area contributed by atoms with E-state index in [0.717, 1.165) is 34.6 Å². The lowest BCUT2D eigenvalue weighted by Gasteiger charge is -2.40. The maximum absolute atomic E-state index is 13.7. The van der Waals surface area contributed by atoms with E-state index in [-0.39, 0.29) is 42.5 Å². The van der Waals surface area contributed by atoms with Crippen molar-refractivity contribution in [3.05, 3.63) is 59.4 Å². The predicted octanol–water partition coefficient (Wildman–Crippen LogP) is 3.99. The zero-order valence-electron chi connectivity index (χ0n) is 20.8. The Kier molecular flexibility index (Phi) is 7.88. The van der Waals surface area contributed by atoms with Crippen LogP contribution >= 0.6 is 0 Å². The second kappa shape index (κ2) is 10.5. The Morgan fingerprint density at radius 1 is 0.950 bits per heavy atom. The fourth-order valence-corrected chi connectivity index (χ4v) is 6.78. The van der Waals surface area contributed by atoms with E-state index in [1.807, 2.05) is 0 Å². The van der Waals surface area contributed by atoms with E-state index in [9.17, 15) is 49.1 Å². The Bertz CT molecular complexity index is 1340. The van der Waals surface area contributed by atoms with Crippen molar-refractivity contribution < 1.29 is 49.1 Å². The summed E-state index contributed by atoms with van der Waals surface area (Å²) in [4.78, 5) is 14.2. The van der Waals surface area contributed by atoms with E-state index in [0.29, 0.717) is 38.1 Å². The highest BCUT2D eigenvalue weighted by Gasteiger charge is 2.71. The Balaban J connectivity index is 1.78. The molecule has 0 bridgehead atoms. The van der Waals surface area contributed by atoms with Crippen molar-refractivity contribution in [2.45, 2.75) is 67.0 Å². The number of hydrogen-bond donors (Lipinski definition) is 2. The number of amides is 1. The molecule has 7 nitrogen and oxygen atoms in total. The number of carbonyl (C=O) groups excluding carboxylic acids is 1. The number of hydrogen-bond acceptors (Lipinski definition) is 5. The SMILES string of the molecule is NC1CCN(C(=O)C[C@@H]2CCc3cc(C(O)(C(F)(F)F)C(F)(F)F)ccc3N2S(=O)(=O)c2ccc(F)cc2)CC1. The van der Waals surface area contributed by atoms with E-state index in [1.54, 1.807) is 0 Å². The van der Waals surface area contributed by atoms with Crippen LogP contribution in [0.1, 0.15) is 36.8 Å². The molecular formula is C25H26F7N3O4S. The van der Waals surface area contributed by atoms with Gasteiger partial charge in [0.1, 0.15) is 5.82 Å². The summed E-state index contributed by atoms with van der Waals surface area (Å²) in [7, 11) is -4.56. The number of carbonyl (C=O) groups is 1. The van der Waals surface area contributed by atoms with Gasteiger partial charge in [-0.1, -0.05) is 12.1 Å². The van der Waals surface area contributed by atoms with Crippen molar-refractivity contribution in [3.63, 3.8) is 0 Å². The lowest BCUT2D eigenvalue weighted by Crippen LogP contribution is -2.54. The Labute approximate surface area is 225 Å². The molecule has 0 spiro atoms. The van der Waals surface area contributed by atoms with Gasteiger partial charge in [-0.05, 0) is 61.6 Å². The molecule has 1 atom stereocenters. The molecule has 0 aromatic heterocycles. The molecule has 2 aliphatic heterocycles. The summed E-state index contributed by atoms with van der Waals surface area (Å²) in [6.45, 7) is 0.704. The highest BCUT2D eigenvalue weighted by atomic mass is 32.2. The van der Waals surface area contributed by atoms with Crippen LogP contribution in [0.4, 0.5) is 36.4 Å². The fourth-order valence-electron chi connectivity index (χ4n) is 5.06. The first-order chi connectivity index (χ1) is 18.5. The third kappa shape index (κ3) is 5.38. The van der Waals surface area contributed by atoms with Crippen LogP contribution in [0.3, 0.4) is 0 Å². The third-order valence-corrected chi connectivity index (χ3v) is 9.19. The van der Waals surface area contributed by atoms with Crippen LogP contribution < -0.4 is 10.0 Å². The largest absolute Gasteiger partial charge is 0.430 e. The summed E-state index contributed by atoms with van der Waals surface area (Å²) >= 11 is 0. The number of rotatable bonds is 5. The number of nitrogens with two attached hydrogens (primary N) is 1. The Morgan fingerprint density at radius 2 is 1.52 bits per heavy atom. The maximum atomic E-state index is 13.7. The van der Waals surface area contributed by atoms with E-state index in [4.69, 9.17) is 5.73 Å². The smallest absolute Gasteiger partial charge is 0.369 e. The topological polar surface area (TPSA) is 104 Å². The molecule has 2 heterocycles. The van der Waals surface area contributed by atoms with E-state index >= 15 is 0 Å². The zero-order valence-corrected chi connectivity index (χ0v) is 21.7. The van der Waals surface area contributed by atoms with E-state index in [2.05, 4.69) is 0 Å². The summed E-state index contributed by atoms with van der Waals surface area (Å²) in [6.07, 6.45) is -11.8. The minimum atomic E-state index is -6.13. The Hall–Kier alpha value is -2.91. The average molecular weight is 598 g/mol. The number of likely N-dealkylation sites (tertiary alicyclic amines) is 1. The van der Waals surface area contributed by atoms with Gasteiger partial charge < -0.3 is 15.7 Å².